The fourth-order valence-electron chi connectivity index (χ4n) is 4.69. The number of hydrogen-bond acceptors (Lipinski definition) is 5. The number of aromatic amines is 1. The van der Waals surface area contributed by atoms with Gasteiger partial charge in [0.05, 0.1) is 22.9 Å². The summed E-state index contributed by atoms with van der Waals surface area (Å²) < 4.78 is 23.3. The van der Waals surface area contributed by atoms with Crippen molar-refractivity contribution in [2.45, 2.75) is 44.6 Å². The minimum atomic E-state index is -3.35. The molecule has 2 amide bonds. The van der Waals surface area contributed by atoms with E-state index in [-0.39, 0.29) is 23.1 Å². The first-order valence-electron chi connectivity index (χ1n) is 12.1. The predicted molar refractivity (Wildman–Crippen MR) is 139 cm³/mol. The monoisotopic (exact) mass is 505 g/mol. The van der Waals surface area contributed by atoms with Crippen molar-refractivity contribution < 1.29 is 18.0 Å². The number of benzene rings is 2. The van der Waals surface area contributed by atoms with Crippen LogP contribution in [0.1, 0.15) is 63.9 Å². The Morgan fingerprint density at radius 3 is 2.42 bits per heavy atom. The minimum Gasteiger partial charge on any atom is -0.345 e. The van der Waals surface area contributed by atoms with Crippen LogP contribution in [0.2, 0.25) is 0 Å². The summed E-state index contributed by atoms with van der Waals surface area (Å²) in [4.78, 5) is 42.0. The summed E-state index contributed by atoms with van der Waals surface area (Å²) >= 11 is 0. The maximum absolute atomic E-state index is 13.5. The zero-order valence-corrected chi connectivity index (χ0v) is 20.7. The molecule has 0 bridgehead atoms. The summed E-state index contributed by atoms with van der Waals surface area (Å²) in [5.74, 6) is -0.991. The number of sulfone groups is 1. The molecule has 1 aromatic heterocycles. The SMILES string of the molecule is CCc1ccc(NC(=O)c2c(C3CCC3)ccc3cc(C(=O)N[C@@H]4C=CS(=O)(=O)C4)c(=O)[nH]c23)cc1. The average molecular weight is 506 g/mol. The molecule has 0 unspecified atom stereocenters. The molecule has 186 valence electrons. The van der Waals surface area contributed by atoms with Gasteiger partial charge in [-0.15, -0.1) is 0 Å². The van der Waals surface area contributed by atoms with Crippen molar-refractivity contribution in [2.75, 3.05) is 11.1 Å². The molecule has 36 heavy (non-hydrogen) atoms. The summed E-state index contributed by atoms with van der Waals surface area (Å²) in [6.45, 7) is 2.06. The number of rotatable bonds is 6. The van der Waals surface area contributed by atoms with E-state index in [2.05, 4.69) is 22.5 Å². The van der Waals surface area contributed by atoms with Crippen molar-refractivity contribution in [1.82, 2.24) is 10.3 Å². The van der Waals surface area contributed by atoms with Gasteiger partial charge in [-0.3, -0.25) is 14.4 Å². The highest BCUT2D eigenvalue weighted by Gasteiger charge is 2.28. The van der Waals surface area contributed by atoms with E-state index in [0.29, 0.717) is 22.2 Å². The molecular weight excluding hydrogens is 478 g/mol. The van der Waals surface area contributed by atoms with Gasteiger partial charge in [0.15, 0.2) is 9.84 Å². The van der Waals surface area contributed by atoms with E-state index < -0.39 is 27.3 Å². The topological polar surface area (TPSA) is 125 Å². The number of hydrogen-bond donors (Lipinski definition) is 3. The highest BCUT2D eigenvalue weighted by Crippen LogP contribution is 2.40. The highest BCUT2D eigenvalue weighted by molar-refractivity contribution is 7.94. The third-order valence-electron chi connectivity index (χ3n) is 6.94. The summed E-state index contributed by atoms with van der Waals surface area (Å²) in [5.41, 5.74) is 2.71. The Kier molecular flexibility index (Phi) is 6.26. The van der Waals surface area contributed by atoms with Gasteiger partial charge in [-0.2, -0.15) is 0 Å². The Bertz CT molecular complexity index is 1550. The van der Waals surface area contributed by atoms with Crippen LogP contribution in [0.15, 0.2) is 58.7 Å². The Labute approximate surface area is 208 Å². The van der Waals surface area contributed by atoms with Gasteiger partial charge in [0.1, 0.15) is 5.56 Å². The van der Waals surface area contributed by atoms with Crippen molar-refractivity contribution in [2.24, 2.45) is 0 Å². The Hall–Kier alpha value is -3.72. The van der Waals surface area contributed by atoms with Crippen molar-refractivity contribution in [1.29, 1.82) is 0 Å². The minimum absolute atomic E-state index is 0.141. The highest BCUT2D eigenvalue weighted by atomic mass is 32.2. The molecule has 1 fully saturated rings. The Morgan fingerprint density at radius 2 is 1.81 bits per heavy atom. The normalized spacial score (nSPS) is 18.6. The van der Waals surface area contributed by atoms with Gasteiger partial charge in [0.2, 0.25) is 0 Å². The average Bonchev–Trinajstić information content (AvgIpc) is 3.15. The molecule has 9 heteroatoms. The summed E-state index contributed by atoms with van der Waals surface area (Å²) in [7, 11) is -3.35. The third kappa shape index (κ3) is 4.70. The molecule has 8 nitrogen and oxygen atoms in total. The van der Waals surface area contributed by atoms with Crippen molar-refractivity contribution in [3.05, 3.63) is 86.6 Å². The molecule has 0 spiro atoms. The number of H-pyrrole nitrogens is 1. The fourth-order valence-corrected chi connectivity index (χ4v) is 5.93. The molecule has 1 atom stereocenters. The smallest absolute Gasteiger partial charge is 0.261 e. The number of carbonyl (C=O) groups is 2. The lowest BCUT2D eigenvalue weighted by molar-refractivity contribution is 0.0945. The van der Waals surface area contributed by atoms with E-state index in [1.54, 1.807) is 0 Å². The molecule has 1 aliphatic heterocycles. The van der Waals surface area contributed by atoms with E-state index in [0.717, 1.165) is 42.2 Å². The molecule has 2 heterocycles. The second-order valence-electron chi connectivity index (χ2n) is 9.38. The number of pyridine rings is 1. The maximum Gasteiger partial charge on any atom is 0.261 e. The molecule has 3 N–H and O–H groups in total. The van der Waals surface area contributed by atoms with Gasteiger partial charge in [0, 0.05) is 11.1 Å². The van der Waals surface area contributed by atoms with Crippen LogP contribution in [0.5, 0.6) is 0 Å². The summed E-state index contributed by atoms with van der Waals surface area (Å²) in [6.07, 6.45) is 5.32. The fraction of sp³-hybridized carbons (Fsp3) is 0.296. The van der Waals surface area contributed by atoms with Gasteiger partial charge >= 0.3 is 0 Å². The van der Waals surface area contributed by atoms with E-state index in [1.165, 1.54) is 12.1 Å². The zero-order chi connectivity index (χ0) is 25.4. The van der Waals surface area contributed by atoms with Crippen molar-refractivity contribution >= 4 is 38.2 Å². The first kappa shape index (κ1) is 24.0. The molecular formula is C27H27N3O5S. The maximum atomic E-state index is 13.5. The van der Waals surface area contributed by atoms with Crippen LogP contribution >= 0.6 is 0 Å². The summed E-state index contributed by atoms with van der Waals surface area (Å²) in [5, 5.41) is 7.14. The molecule has 3 aromatic rings. The number of carbonyl (C=O) groups excluding carboxylic acids is 2. The van der Waals surface area contributed by atoms with Crippen LogP contribution < -0.4 is 16.2 Å². The van der Waals surface area contributed by atoms with Crippen molar-refractivity contribution in [3.8, 4) is 0 Å². The Morgan fingerprint density at radius 1 is 1.06 bits per heavy atom. The number of anilines is 1. The van der Waals surface area contributed by atoms with E-state index in [1.807, 2.05) is 36.4 Å². The lowest BCUT2D eigenvalue weighted by atomic mass is 9.77. The number of fused-ring (bicyclic) bond motifs is 1. The number of amides is 2. The second kappa shape index (κ2) is 9.39. The molecule has 1 saturated carbocycles. The van der Waals surface area contributed by atoms with Gasteiger partial charge in [-0.05, 0) is 66.0 Å². The third-order valence-corrected chi connectivity index (χ3v) is 8.33. The van der Waals surface area contributed by atoms with Crippen LogP contribution in [-0.2, 0) is 16.3 Å². The largest absolute Gasteiger partial charge is 0.345 e. The van der Waals surface area contributed by atoms with Crippen LogP contribution in [-0.4, -0.2) is 37.0 Å². The molecule has 2 aliphatic rings. The van der Waals surface area contributed by atoms with Gasteiger partial charge < -0.3 is 15.6 Å². The molecule has 0 radical (unpaired) electrons. The van der Waals surface area contributed by atoms with Crippen LogP contribution in [0.4, 0.5) is 5.69 Å². The van der Waals surface area contributed by atoms with Crippen LogP contribution in [0.3, 0.4) is 0 Å². The number of aromatic nitrogens is 1. The molecule has 0 saturated heterocycles. The first-order chi connectivity index (χ1) is 17.2. The zero-order valence-electron chi connectivity index (χ0n) is 19.8. The standard InChI is InChI=1S/C27H27N3O5S/c1-2-16-6-9-19(10-7-16)28-27(33)23-21(17-4-3-5-17)11-8-18-14-22(26(32)30-24(18)23)25(31)29-20-12-13-36(34,35)15-20/h6-14,17,20H,2-5,15H2,1H3,(H,28,33)(H,29,31)(H,30,32)/t20-/m1/s1. The molecule has 5 rings (SSSR count). The van der Waals surface area contributed by atoms with Gasteiger partial charge in [-0.25, -0.2) is 8.42 Å². The first-order valence-corrected chi connectivity index (χ1v) is 13.8. The summed E-state index contributed by atoms with van der Waals surface area (Å²) in [6, 6.07) is 12.1. The number of nitrogens with one attached hydrogen (secondary N) is 3. The van der Waals surface area contributed by atoms with Gasteiger partial charge in [-0.1, -0.05) is 37.6 Å². The van der Waals surface area contributed by atoms with E-state index in [9.17, 15) is 22.8 Å². The van der Waals surface area contributed by atoms with E-state index >= 15 is 0 Å². The lowest BCUT2D eigenvalue weighted by Crippen LogP contribution is -2.38. The Balaban J connectivity index is 1.51. The second-order valence-corrected chi connectivity index (χ2v) is 11.3. The van der Waals surface area contributed by atoms with Crippen LogP contribution in [0.25, 0.3) is 10.9 Å². The molecule has 2 aromatic carbocycles. The number of aryl methyl sites for hydroxylation is 1. The van der Waals surface area contributed by atoms with Gasteiger partial charge in [0.25, 0.3) is 17.4 Å². The van der Waals surface area contributed by atoms with Crippen molar-refractivity contribution in [3.63, 3.8) is 0 Å². The van der Waals surface area contributed by atoms with Crippen LogP contribution in [0, 0.1) is 0 Å². The quantitative estimate of drug-likeness (QED) is 0.472. The molecule has 1 aliphatic carbocycles. The lowest BCUT2D eigenvalue weighted by Gasteiger charge is -2.28. The van der Waals surface area contributed by atoms with E-state index in [4.69, 9.17) is 0 Å². The predicted octanol–water partition coefficient (Wildman–Crippen LogP) is 3.65.